The van der Waals surface area contributed by atoms with Gasteiger partial charge in [-0.2, -0.15) is 5.10 Å². The number of amides is 1. The van der Waals surface area contributed by atoms with Crippen LogP contribution in [0.2, 0.25) is 0 Å². The first-order chi connectivity index (χ1) is 19.4. The van der Waals surface area contributed by atoms with Crippen molar-refractivity contribution in [2.24, 2.45) is 17.3 Å². The summed E-state index contributed by atoms with van der Waals surface area (Å²) in [5.41, 5.74) is 2.81. The number of carbonyl (C=O) groups excluding carboxylic acids is 1. The van der Waals surface area contributed by atoms with E-state index in [1.54, 1.807) is 45.2 Å². The van der Waals surface area contributed by atoms with Crippen molar-refractivity contribution < 1.29 is 14.3 Å². The van der Waals surface area contributed by atoms with Crippen LogP contribution in [0, 0.1) is 6.92 Å². The lowest BCUT2D eigenvalue weighted by atomic mass is 10.2. The van der Waals surface area contributed by atoms with Crippen LogP contribution in [0.5, 0.6) is 11.5 Å². The van der Waals surface area contributed by atoms with E-state index in [1.807, 2.05) is 78.9 Å². The SMILES string of the molecule is COc1ccc(/C=N\N=C2\S/C(=C\c3ccc(OC)cc3)C(=O)N2c2c(C)n(C)n(-c3ccccc3)c2=O)cc1. The minimum absolute atomic E-state index is 0.223. The van der Waals surface area contributed by atoms with Gasteiger partial charge in [0, 0.05) is 7.05 Å². The monoisotopic (exact) mass is 553 g/mol. The zero-order valence-corrected chi connectivity index (χ0v) is 23.3. The Bertz CT molecular complexity index is 1690. The maximum atomic E-state index is 13.8. The number of rotatable bonds is 7. The summed E-state index contributed by atoms with van der Waals surface area (Å²) < 4.78 is 13.7. The van der Waals surface area contributed by atoms with Gasteiger partial charge >= 0.3 is 0 Å². The Hall–Kier alpha value is -4.83. The van der Waals surface area contributed by atoms with Crippen LogP contribution in [0.15, 0.2) is 98.8 Å². The molecule has 0 radical (unpaired) electrons. The molecule has 2 heterocycles. The number of methoxy groups -OCH3 is 2. The van der Waals surface area contributed by atoms with Crippen LogP contribution in [0.25, 0.3) is 11.8 Å². The predicted molar refractivity (Wildman–Crippen MR) is 160 cm³/mol. The van der Waals surface area contributed by atoms with Crippen LogP contribution < -0.4 is 19.9 Å². The second-order valence-corrected chi connectivity index (χ2v) is 9.84. The molecule has 9 nitrogen and oxygen atoms in total. The van der Waals surface area contributed by atoms with Crippen molar-refractivity contribution in [2.75, 3.05) is 19.1 Å². The van der Waals surface area contributed by atoms with Gasteiger partial charge in [-0.25, -0.2) is 9.58 Å². The molecule has 10 heteroatoms. The second kappa shape index (κ2) is 11.5. The molecule has 3 aromatic carbocycles. The standard InChI is InChI=1S/C30H27N5O4S/c1-20-27(29(37)35(33(20)2)23-8-6-5-7-9-23)34-28(36)26(18-21-10-14-24(38-3)15-11-21)40-30(34)32-31-19-22-12-16-25(39-4)17-13-22/h5-19H,1-4H3/b26-18-,31-19-,32-30+. The fraction of sp³-hybridized carbons (Fsp3) is 0.133. The highest BCUT2D eigenvalue weighted by atomic mass is 32.2. The average Bonchev–Trinajstić information content (AvgIpc) is 3.39. The molecule has 1 aliphatic rings. The fourth-order valence-corrected chi connectivity index (χ4v) is 5.16. The zero-order valence-electron chi connectivity index (χ0n) is 22.4. The van der Waals surface area contributed by atoms with Crippen LogP contribution in [-0.2, 0) is 11.8 Å². The van der Waals surface area contributed by atoms with E-state index in [4.69, 9.17) is 9.47 Å². The lowest BCUT2D eigenvalue weighted by Crippen LogP contribution is -2.33. The fourth-order valence-electron chi connectivity index (χ4n) is 4.24. The Morgan fingerprint density at radius 2 is 1.43 bits per heavy atom. The van der Waals surface area contributed by atoms with Crippen molar-refractivity contribution in [1.29, 1.82) is 0 Å². The first kappa shape index (κ1) is 26.8. The quantitative estimate of drug-likeness (QED) is 0.182. The van der Waals surface area contributed by atoms with Crippen molar-refractivity contribution >= 4 is 40.8 Å². The van der Waals surface area contributed by atoms with E-state index in [1.165, 1.54) is 9.58 Å². The van der Waals surface area contributed by atoms with E-state index in [2.05, 4.69) is 10.2 Å². The molecule has 0 bridgehead atoms. The largest absolute Gasteiger partial charge is 0.497 e. The second-order valence-electron chi connectivity index (χ2n) is 8.83. The number of amidine groups is 1. The molecule has 1 aliphatic heterocycles. The van der Waals surface area contributed by atoms with Crippen molar-refractivity contribution in [2.45, 2.75) is 6.92 Å². The normalized spacial score (nSPS) is 15.5. The Balaban J connectivity index is 1.58. The smallest absolute Gasteiger partial charge is 0.296 e. The molecular formula is C30H27N5O4S. The zero-order chi connectivity index (χ0) is 28.2. The molecule has 0 unspecified atom stereocenters. The van der Waals surface area contributed by atoms with Gasteiger partial charge < -0.3 is 9.47 Å². The van der Waals surface area contributed by atoms with Crippen LogP contribution in [0.3, 0.4) is 0 Å². The van der Waals surface area contributed by atoms with Gasteiger partial charge in [-0.1, -0.05) is 30.3 Å². The number of para-hydroxylation sites is 1. The van der Waals surface area contributed by atoms with Gasteiger partial charge in [0.2, 0.25) is 5.17 Å². The Morgan fingerprint density at radius 3 is 2.02 bits per heavy atom. The first-order valence-corrected chi connectivity index (χ1v) is 13.2. The molecule has 0 spiro atoms. The Kier molecular flexibility index (Phi) is 7.70. The molecule has 40 heavy (non-hydrogen) atoms. The van der Waals surface area contributed by atoms with Gasteiger partial charge in [0.25, 0.3) is 11.5 Å². The van der Waals surface area contributed by atoms with Crippen LogP contribution >= 0.6 is 11.8 Å². The minimum Gasteiger partial charge on any atom is -0.497 e. The number of hydrogen-bond acceptors (Lipinski definition) is 7. The third kappa shape index (κ3) is 5.21. The number of ether oxygens (including phenoxy) is 2. The molecular weight excluding hydrogens is 526 g/mol. The summed E-state index contributed by atoms with van der Waals surface area (Å²) in [6.07, 6.45) is 3.35. The van der Waals surface area contributed by atoms with Crippen LogP contribution in [0.1, 0.15) is 16.8 Å². The van der Waals surface area contributed by atoms with E-state index >= 15 is 0 Å². The summed E-state index contributed by atoms with van der Waals surface area (Å²) in [5, 5.41) is 8.91. The topological polar surface area (TPSA) is 90.4 Å². The number of hydrogen-bond donors (Lipinski definition) is 0. The molecule has 4 aromatic rings. The summed E-state index contributed by atoms with van der Waals surface area (Å²) in [6.45, 7) is 1.80. The molecule has 1 aromatic heterocycles. The van der Waals surface area contributed by atoms with Crippen molar-refractivity contribution in [3.8, 4) is 17.2 Å². The first-order valence-electron chi connectivity index (χ1n) is 12.4. The molecule has 0 aliphatic carbocycles. The number of nitrogens with zero attached hydrogens (tertiary/aromatic N) is 5. The lowest BCUT2D eigenvalue weighted by Gasteiger charge is -2.13. The van der Waals surface area contributed by atoms with Gasteiger partial charge in [-0.3, -0.25) is 14.3 Å². The molecule has 0 N–H and O–H groups in total. The summed E-state index contributed by atoms with van der Waals surface area (Å²) in [5.74, 6) is 1.09. The predicted octanol–water partition coefficient (Wildman–Crippen LogP) is 5.01. The van der Waals surface area contributed by atoms with Gasteiger partial charge in [0.15, 0.2) is 0 Å². The Morgan fingerprint density at radius 1 is 0.825 bits per heavy atom. The minimum atomic E-state index is -0.356. The maximum absolute atomic E-state index is 13.8. The van der Waals surface area contributed by atoms with Crippen molar-refractivity contribution in [3.63, 3.8) is 0 Å². The Labute approximate surface area is 235 Å². The van der Waals surface area contributed by atoms with Crippen LogP contribution in [0.4, 0.5) is 5.69 Å². The molecule has 0 atom stereocenters. The lowest BCUT2D eigenvalue weighted by molar-refractivity contribution is -0.113. The van der Waals surface area contributed by atoms with E-state index in [0.717, 1.165) is 28.6 Å². The van der Waals surface area contributed by atoms with Crippen molar-refractivity contribution in [1.82, 2.24) is 9.36 Å². The van der Waals surface area contributed by atoms with Gasteiger partial charge in [-0.05, 0) is 84.4 Å². The average molecular weight is 554 g/mol. The number of benzene rings is 3. The van der Waals surface area contributed by atoms with Crippen LogP contribution in [-0.4, -0.2) is 40.9 Å². The number of thioether (sulfide) groups is 1. The number of carbonyl (C=O) groups is 1. The third-order valence-corrected chi connectivity index (χ3v) is 7.39. The summed E-state index contributed by atoms with van der Waals surface area (Å²) in [7, 11) is 4.99. The van der Waals surface area contributed by atoms with Gasteiger partial charge in [0.1, 0.15) is 17.2 Å². The maximum Gasteiger partial charge on any atom is 0.296 e. The van der Waals surface area contributed by atoms with E-state index in [0.29, 0.717) is 22.0 Å². The molecule has 1 fully saturated rings. The molecule has 0 saturated carbocycles. The van der Waals surface area contributed by atoms with E-state index in [9.17, 15) is 9.59 Å². The van der Waals surface area contributed by atoms with E-state index < -0.39 is 0 Å². The molecule has 1 amide bonds. The highest BCUT2D eigenvalue weighted by molar-refractivity contribution is 8.19. The van der Waals surface area contributed by atoms with Crippen molar-refractivity contribution in [3.05, 3.63) is 111 Å². The molecule has 1 saturated heterocycles. The summed E-state index contributed by atoms with van der Waals surface area (Å²) in [6, 6.07) is 24.0. The number of aromatic nitrogens is 2. The summed E-state index contributed by atoms with van der Waals surface area (Å²) in [4.78, 5) is 29.4. The highest BCUT2D eigenvalue weighted by Crippen LogP contribution is 2.36. The summed E-state index contributed by atoms with van der Waals surface area (Å²) >= 11 is 1.16. The highest BCUT2D eigenvalue weighted by Gasteiger charge is 2.39. The van der Waals surface area contributed by atoms with E-state index in [-0.39, 0.29) is 22.3 Å². The van der Waals surface area contributed by atoms with Gasteiger partial charge in [0.05, 0.1) is 36.7 Å². The van der Waals surface area contributed by atoms with Gasteiger partial charge in [-0.15, -0.1) is 5.10 Å². The number of anilines is 1. The molecule has 5 rings (SSSR count). The third-order valence-electron chi connectivity index (χ3n) is 6.43. The molecule has 202 valence electrons.